The average molecular weight is 327 g/mol. The Labute approximate surface area is 140 Å². The normalized spacial score (nSPS) is 16.7. The van der Waals surface area contributed by atoms with Crippen LogP contribution in [-0.4, -0.2) is 31.1 Å². The van der Waals surface area contributed by atoms with Gasteiger partial charge in [0, 0.05) is 49.5 Å². The first kappa shape index (κ1) is 16.4. The van der Waals surface area contributed by atoms with Crippen LogP contribution < -0.4 is 4.90 Å². The zero-order valence-corrected chi connectivity index (χ0v) is 13.5. The van der Waals surface area contributed by atoms with Crippen molar-refractivity contribution in [3.8, 4) is 6.07 Å². The Morgan fingerprint density at radius 3 is 2.25 bits per heavy atom. The summed E-state index contributed by atoms with van der Waals surface area (Å²) < 4.78 is 27.0. The van der Waals surface area contributed by atoms with Gasteiger partial charge in [0.05, 0.1) is 11.6 Å². The molecule has 0 radical (unpaired) electrons. The zero-order valence-electron chi connectivity index (χ0n) is 13.5. The Balaban J connectivity index is 1.64. The van der Waals surface area contributed by atoms with Crippen molar-refractivity contribution in [2.24, 2.45) is 0 Å². The van der Waals surface area contributed by atoms with Crippen molar-refractivity contribution in [3.63, 3.8) is 0 Å². The predicted molar refractivity (Wildman–Crippen MR) is 89.7 cm³/mol. The molecule has 0 aromatic heterocycles. The summed E-state index contributed by atoms with van der Waals surface area (Å²) >= 11 is 0. The van der Waals surface area contributed by atoms with Gasteiger partial charge in [-0.25, -0.2) is 8.78 Å². The third kappa shape index (κ3) is 3.39. The molecule has 0 saturated carbocycles. The maximum atomic E-state index is 14.0. The van der Waals surface area contributed by atoms with Crippen LogP contribution >= 0.6 is 0 Å². The first-order chi connectivity index (χ1) is 11.6. The second-order valence-corrected chi connectivity index (χ2v) is 6.02. The molecule has 0 N–H and O–H groups in total. The number of hydrogen-bond acceptors (Lipinski definition) is 3. The van der Waals surface area contributed by atoms with E-state index >= 15 is 0 Å². The molecule has 1 aliphatic rings. The molecule has 2 aromatic rings. The molecule has 0 amide bonds. The van der Waals surface area contributed by atoms with Gasteiger partial charge in [-0.3, -0.25) is 4.90 Å². The number of hydrogen-bond donors (Lipinski definition) is 0. The lowest BCUT2D eigenvalue weighted by Crippen LogP contribution is -2.47. The molecule has 124 valence electrons. The molecule has 1 atom stereocenters. The van der Waals surface area contributed by atoms with Gasteiger partial charge >= 0.3 is 0 Å². The van der Waals surface area contributed by atoms with Crippen molar-refractivity contribution in [3.05, 3.63) is 65.2 Å². The fourth-order valence-electron chi connectivity index (χ4n) is 3.15. The molecular weight excluding hydrogens is 308 g/mol. The van der Waals surface area contributed by atoms with E-state index in [4.69, 9.17) is 5.26 Å². The number of anilines is 1. The molecule has 1 heterocycles. The Morgan fingerprint density at radius 1 is 1.00 bits per heavy atom. The molecule has 24 heavy (non-hydrogen) atoms. The van der Waals surface area contributed by atoms with Crippen LogP contribution in [-0.2, 0) is 0 Å². The molecular formula is C19H19F2N3. The Kier molecular flexibility index (Phi) is 4.77. The highest BCUT2D eigenvalue weighted by Gasteiger charge is 2.24. The summed E-state index contributed by atoms with van der Waals surface area (Å²) in [6.45, 7) is 5.22. The average Bonchev–Trinajstić information content (AvgIpc) is 2.61. The molecule has 0 spiro atoms. The number of piperazine rings is 1. The van der Waals surface area contributed by atoms with E-state index in [1.54, 1.807) is 0 Å². The minimum absolute atomic E-state index is 0.0892. The molecule has 3 rings (SSSR count). The van der Waals surface area contributed by atoms with Crippen LogP contribution in [0, 0.1) is 23.0 Å². The Bertz CT molecular complexity index is 744. The van der Waals surface area contributed by atoms with Crippen LogP contribution in [0.1, 0.15) is 24.1 Å². The topological polar surface area (TPSA) is 30.3 Å². The van der Waals surface area contributed by atoms with Crippen LogP contribution in [0.3, 0.4) is 0 Å². The molecule has 0 aliphatic carbocycles. The highest BCUT2D eigenvalue weighted by atomic mass is 19.1. The summed E-state index contributed by atoms with van der Waals surface area (Å²) in [6, 6.07) is 13.4. The van der Waals surface area contributed by atoms with Gasteiger partial charge in [-0.05, 0) is 37.3 Å². The highest BCUT2D eigenvalue weighted by Crippen LogP contribution is 2.26. The van der Waals surface area contributed by atoms with E-state index in [0.717, 1.165) is 37.9 Å². The second kappa shape index (κ2) is 6.98. The van der Waals surface area contributed by atoms with Gasteiger partial charge in [0.15, 0.2) is 0 Å². The van der Waals surface area contributed by atoms with Gasteiger partial charge < -0.3 is 4.90 Å². The zero-order chi connectivity index (χ0) is 17.1. The molecule has 1 fully saturated rings. The summed E-state index contributed by atoms with van der Waals surface area (Å²) in [5, 5.41) is 8.86. The smallest absolute Gasteiger partial charge is 0.130 e. The van der Waals surface area contributed by atoms with Crippen molar-refractivity contribution in [1.82, 2.24) is 4.90 Å². The first-order valence-corrected chi connectivity index (χ1v) is 8.02. The molecule has 1 saturated heterocycles. The van der Waals surface area contributed by atoms with E-state index < -0.39 is 11.6 Å². The van der Waals surface area contributed by atoms with Crippen LogP contribution in [0.15, 0.2) is 42.5 Å². The minimum atomic E-state index is -0.547. The second-order valence-electron chi connectivity index (χ2n) is 6.02. The van der Waals surface area contributed by atoms with Crippen molar-refractivity contribution >= 4 is 5.69 Å². The van der Waals surface area contributed by atoms with E-state index in [0.29, 0.717) is 11.1 Å². The minimum Gasteiger partial charge on any atom is -0.369 e. The van der Waals surface area contributed by atoms with E-state index in [1.807, 2.05) is 31.2 Å². The summed E-state index contributed by atoms with van der Waals surface area (Å²) in [6.07, 6.45) is 0. The van der Waals surface area contributed by atoms with Crippen LogP contribution in [0.25, 0.3) is 0 Å². The standard InChI is InChI=1S/C19H19F2N3/c1-14(18-7-4-16(20)12-19(18)21)23-8-10-24(11-9-23)17-5-2-15(13-22)3-6-17/h2-7,12,14H,8-11H2,1H3. The Hall–Kier alpha value is -2.45. The lowest BCUT2D eigenvalue weighted by Gasteiger charge is -2.39. The molecule has 0 bridgehead atoms. The third-order valence-corrected chi connectivity index (χ3v) is 4.64. The van der Waals surface area contributed by atoms with Crippen LogP contribution in [0.2, 0.25) is 0 Å². The van der Waals surface area contributed by atoms with Gasteiger partial charge in [-0.1, -0.05) is 6.07 Å². The lowest BCUT2D eigenvalue weighted by atomic mass is 10.0. The predicted octanol–water partition coefficient (Wildman–Crippen LogP) is 3.72. The highest BCUT2D eigenvalue weighted by molar-refractivity contribution is 5.50. The summed E-state index contributed by atoms with van der Waals surface area (Å²) in [5.41, 5.74) is 2.27. The molecule has 3 nitrogen and oxygen atoms in total. The molecule has 1 aliphatic heterocycles. The summed E-state index contributed by atoms with van der Waals surface area (Å²) in [5.74, 6) is -1.04. The summed E-state index contributed by atoms with van der Waals surface area (Å²) in [4.78, 5) is 4.46. The third-order valence-electron chi connectivity index (χ3n) is 4.64. The first-order valence-electron chi connectivity index (χ1n) is 8.02. The summed E-state index contributed by atoms with van der Waals surface area (Å²) in [7, 11) is 0. The van der Waals surface area contributed by atoms with Crippen LogP contribution in [0.4, 0.5) is 14.5 Å². The number of nitriles is 1. The van der Waals surface area contributed by atoms with Crippen molar-refractivity contribution in [2.45, 2.75) is 13.0 Å². The molecule has 5 heteroatoms. The number of rotatable bonds is 3. The molecule has 2 aromatic carbocycles. The molecule has 1 unspecified atom stereocenters. The maximum absolute atomic E-state index is 14.0. The van der Waals surface area contributed by atoms with E-state index in [1.165, 1.54) is 12.1 Å². The van der Waals surface area contributed by atoms with Gasteiger partial charge in [-0.2, -0.15) is 5.26 Å². The monoisotopic (exact) mass is 327 g/mol. The number of benzene rings is 2. The van der Waals surface area contributed by atoms with Crippen molar-refractivity contribution < 1.29 is 8.78 Å². The van der Waals surface area contributed by atoms with E-state index in [9.17, 15) is 8.78 Å². The van der Waals surface area contributed by atoms with Crippen molar-refractivity contribution in [2.75, 3.05) is 31.1 Å². The SMILES string of the molecule is CC(c1ccc(F)cc1F)N1CCN(c2ccc(C#N)cc2)CC1. The van der Waals surface area contributed by atoms with E-state index in [-0.39, 0.29) is 6.04 Å². The van der Waals surface area contributed by atoms with E-state index in [2.05, 4.69) is 15.9 Å². The van der Waals surface area contributed by atoms with Gasteiger partial charge in [0.25, 0.3) is 0 Å². The fraction of sp³-hybridized carbons (Fsp3) is 0.316. The largest absolute Gasteiger partial charge is 0.369 e. The quantitative estimate of drug-likeness (QED) is 0.861. The lowest BCUT2D eigenvalue weighted by molar-refractivity contribution is 0.195. The van der Waals surface area contributed by atoms with Gasteiger partial charge in [0.2, 0.25) is 0 Å². The number of halogens is 2. The maximum Gasteiger partial charge on any atom is 0.130 e. The van der Waals surface area contributed by atoms with Gasteiger partial charge in [0.1, 0.15) is 11.6 Å². The van der Waals surface area contributed by atoms with Crippen LogP contribution in [0.5, 0.6) is 0 Å². The van der Waals surface area contributed by atoms with Crippen molar-refractivity contribution in [1.29, 1.82) is 5.26 Å². The fourth-order valence-corrected chi connectivity index (χ4v) is 3.15. The Morgan fingerprint density at radius 2 is 1.67 bits per heavy atom. The number of nitrogens with zero attached hydrogens (tertiary/aromatic N) is 3. The van der Waals surface area contributed by atoms with Gasteiger partial charge in [-0.15, -0.1) is 0 Å².